The van der Waals surface area contributed by atoms with Crippen LogP contribution in [0, 0.1) is 6.92 Å². The molecule has 1 rings (SSSR count). The SMILES string of the molecule is COCCN(C(C)C)C(c1ccc(C)o1)C(C)N. The molecule has 2 unspecified atom stereocenters. The van der Waals surface area contributed by atoms with E-state index in [9.17, 15) is 0 Å². The van der Waals surface area contributed by atoms with Crippen molar-refractivity contribution in [2.24, 2.45) is 5.73 Å². The van der Waals surface area contributed by atoms with Crippen LogP contribution in [0.4, 0.5) is 0 Å². The van der Waals surface area contributed by atoms with Crippen LogP contribution in [0.5, 0.6) is 0 Å². The molecule has 2 N–H and O–H groups in total. The summed E-state index contributed by atoms with van der Waals surface area (Å²) in [5.41, 5.74) is 6.15. The Balaban J connectivity index is 2.93. The Labute approximate surface area is 110 Å². The molecule has 1 heterocycles. The van der Waals surface area contributed by atoms with Gasteiger partial charge in [0.25, 0.3) is 0 Å². The first-order valence-corrected chi connectivity index (χ1v) is 6.54. The normalized spacial score (nSPS) is 15.3. The van der Waals surface area contributed by atoms with E-state index in [4.69, 9.17) is 14.9 Å². The summed E-state index contributed by atoms with van der Waals surface area (Å²) in [7, 11) is 1.72. The average Bonchev–Trinajstić information content (AvgIpc) is 2.69. The fourth-order valence-corrected chi connectivity index (χ4v) is 2.25. The summed E-state index contributed by atoms with van der Waals surface area (Å²) in [5, 5.41) is 0. The van der Waals surface area contributed by atoms with Crippen molar-refractivity contribution in [1.82, 2.24) is 4.90 Å². The van der Waals surface area contributed by atoms with Gasteiger partial charge < -0.3 is 14.9 Å². The Morgan fingerprint density at radius 1 is 1.33 bits per heavy atom. The molecule has 18 heavy (non-hydrogen) atoms. The number of aryl methyl sites for hydroxylation is 1. The lowest BCUT2D eigenvalue weighted by Crippen LogP contribution is -2.44. The number of hydrogen-bond donors (Lipinski definition) is 1. The minimum Gasteiger partial charge on any atom is -0.465 e. The fraction of sp³-hybridized carbons (Fsp3) is 0.714. The lowest BCUT2D eigenvalue weighted by atomic mass is 10.0. The molecular weight excluding hydrogens is 228 g/mol. The van der Waals surface area contributed by atoms with Gasteiger partial charge in [0.2, 0.25) is 0 Å². The van der Waals surface area contributed by atoms with Crippen LogP contribution in [-0.2, 0) is 4.74 Å². The van der Waals surface area contributed by atoms with E-state index < -0.39 is 0 Å². The van der Waals surface area contributed by atoms with Gasteiger partial charge in [-0.25, -0.2) is 0 Å². The van der Waals surface area contributed by atoms with Gasteiger partial charge in [-0.05, 0) is 39.8 Å². The number of ether oxygens (including phenoxy) is 1. The van der Waals surface area contributed by atoms with E-state index in [1.165, 1.54) is 0 Å². The predicted molar refractivity (Wildman–Crippen MR) is 73.6 cm³/mol. The third-order valence-corrected chi connectivity index (χ3v) is 3.12. The highest BCUT2D eigenvalue weighted by Crippen LogP contribution is 2.27. The Bertz CT molecular complexity index is 347. The quantitative estimate of drug-likeness (QED) is 0.811. The summed E-state index contributed by atoms with van der Waals surface area (Å²) in [6, 6.07) is 4.50. The van der Waals surface area contributed by atoms with Gasteiger partial charge in [-0.1, -0.05) is 0 Å². The van der Waals surface area contributed by atoms with Crippen LogP contribution in [-0.4, -0.2) is 37.2 Å². The van der Waals surface area contributed by atoms with Crippen LogP contribution < -0.4 is 5.73 Å². The van der Waals surface area contributed by atoms with Crippen LogP contribution in [0.15, 0.2) is 16.5 Å². The molecule has 0 aliphatic rings. The first-order chi connectivity index (χ1) is 8.47. The Morgan fingerprint density at radius 3 is 2.39 bits per heavy atom. The third kappa shape index (κ3) is 3.83. The summed E-state index contributed by atoms with van der Waals surface area (Å²) < 4.78 is 10.9. The van der Waals surface area contributed by atoms with Gasteiger partial charge in [0, 0.05) is 25.7 Å². The molecule has 1 aromatic heterocycles. The molecule has 0 aliphatic carbocycles. The van der Waals surface area contributed by atoms with E-state index >= 15 is 0 Å². The van der Waals surface area contributed by atoms with Gasteiger partial charge >= 0.3 is 0 Å². The van der Waals surface area contributed by atoms with Gasteiger partial charge in [-0.3, -0.25) is 4.90 Å². The van der Waals surface area contributed by atoms with Crippen molar-refractivity contribution >= 4 is 0 Å². The highest BCUT2D eigenvalue weighted by molar-refractivity contribution is 5.12. The molecular formula is C14H26N2O2. The van der Waals surface area contributed by atoms with E-state index in [2.05, 4.69) is 18.7 Å². The number of nitrogens with zero attached hydrogens (tertiary/aromatic N) is 1. The van der Waals surface area contributed by atoms with Crippen LogP contribution >= 0.6 is 0 Å². The average molecular weight is 254 g/mol. The van der Waals surface area contributed by atoms with Crippen molar-refractivity contribution in [2.45, 2.75) is 45.8 Å². The number of furan rings is 1. The molecule has 0 aliphatic heterocycles. The predicted octanol–water partition coefficient (Wildman–Crippen LogP) is 2.33. The molecule has 0 fully saturated rings. The van der Waals surface area contributed by atoms with Gasteiger partial charge in [-0.2, -0.15) is 0 Å². The summed E-state index contributed by atoms with van der Waals surface area (Å²) in [6.07, 6.45) is 0. The Morgan fingerprint density at radius 2 is 2.00 bits per heavy atom. The molecule has 0 saturated carbocycles. The zero-order valence-corrected chi connectivity index (χ0v) is 12.1. The Kier molecular flexibility index (Phi) is 5.85. The lowest BCUT2D eigenvalue weighted by molar-refractivity contribution is 0.0761. The first-order valence-electron chi connectivity index (χ1n) is 6.54. The van der Waals surface area contributed by atoms with E-state index in [0.717, 1.165) is 18.1 Å². The molecule has 4 heteroatoms. The number of hydrogen-bond acceptors (Lipinski definition) is 4. The van der Waals surface area contributed by atoms with Gasteiger partial charge in [0.05, 0.1) is 12.6 Å². The topological polar surface area (TPSA) is 51.6 Å². The second-order valence-electron chi connectivity index (χ2n) is 5.08. The van der Waals surface area contributed by atoms with Crippen molar-refractivity contribution in [1.29, 1.82) is 0 Å². The summed E-state index contributed by atoms with van der Waals surface area (Å²) in [6.45, 7) is 9.85. The Hall–Kier alpha value is -0.840. The summed E-state index contributed by atoms with van der Waals surface area (Å²) >= 11 is 0. The van der Waals surface area contributed by atoms with E-state index in [1.807, 2.05) is 26.0 Å². The van der Waals surface area contributed by atoms with Crippen LogP contribution in [0.1, 0.15) is 38.3 Å². The molecule has 1 aromatic rings. The summed E-state index contributed by atoms with van der Waals surface area (Å²) in [5.74, 6) is 1.86. The highest BCUT2D eigenvalue weighted by atomic mass is 16.5. The van der Waals surface area contributed by atoms with Crippen LogP contribution in [0.3, 0.4) is 0 Å². The zero-order chi connectivity index (χ0) is 13.7. The monoisotopic (exact) mass is 254 g/mol. The molecule has 0 aromatic carbocycles. The van der Waals surface area contributed by atoms with Crippen molar-refractivity contribution in [2.75, 3.05) is 20.3 Å². The maximum Gasteiger partial charge on any atom is 0.122 e. The molecule has 4 nitrogen and oxygen atoms in total. The second-order valence-corrected chi connectivity index (χ2v) is 5.08. The number of nitrogens with two attached hydrogens (primary N) is 1. The lowest BCUT2D eigenvalue weighted by Gasteiger charge is -2.35. The van der Waals surface area contributed by atoms with Crippen LogP contribution in [0.25, 0.3) is 0 Å². The molecule has 0 radical (unpaired) electrons. The molecule has 0 bridgehead atoms. The van der Waals surface area contributed by atoms with Gasteiger partial charge in [0.15, 0.2) is 0 Å². The van der Waals surface area contributed by atoms with Crippen LogP contribution in [0.2, 0.25) is 0 Å². The maximum absolute atomic E-state index is 6.15. The van der Waals surface area contributed by atoms with Gasteiger partial charge in [0.1, 0.15) is 11.5 Å². The first kappa shape index (κ1) is 15.2. The number of rotatable bonds is 7. The van der Waals surface area contributed by atoms with E-state index in [0.29, 0.717) is 12.6 Å². The standard InChI is InChI=1S/C14H26N2O2/c1-10(2)16(8-9-17-5)14(12(4)15)13-7-6-11(3)18-13/h6-7,10,12,14H,8-9,15H2,1-5H3. The number of methoxy groups -OCH3 is 1. The van der Waals surface area contributed by atoms with Gasteiger partial charge in [-0.15, -0.1) is 0 Å². The van der Waals surface area contributed by atoms with Crippen molar-refractivity contribution in [3.63, 3.8) is 0 Å². The summed E-state index contributed by atoms with van der Waals surface area (Å²) in [4.78, 5) is 2.33. The smallest absolute Gasteiger partial charge is 0.122 e. The van der Waals surface area contributed by atoms with Crippen molar-refractivity contribution in [3.8, 4) is 0 Å². The second kappa shape index (κ2) is 6.92. The maximum atomic E-state index is 6.15. The molecule has 0 saturated heterocycles. The largest absolute Gasteiger partial charge is 0.465 e. The molecule has 2 atom stereocenters. The van der Waals surface area contributed by atoms with E-state index in [-0.39, 0.29) is 12.1 Å². The minimum absolute atomic E-state index is 0.00908. The highest BCUT2D eigenvalue weighted by Gasteiger charge is 2.28. The molecule has 104 valence electrons. The zero-order valence-electron chi connectivity index (χ0n) is 12.1. The molecule has 0 spiro atoms. The van der Waals surface area contributed by atoms with Crippen molar-refractivity contribution < 1.29 is 9.15 Å². The van der Waals surface area contributed by atoms with E-state index in [1.54, 1.807) is 7.11 Å². The molecule has 0 amide bonds. The minimum atomic E-state index is 0.00908. The third-order valence-electron chi connectivity index (χ3n) is 3.12. The van der Waals surface area contributed by atoms with Crippen molar-refractivity contribution in [3.05, 3.63) is 23.7 Å². The fourth-order valence-electron chi connectivity index (χ4n) is 2.25.